The topological polar surface area (TPSA) is 42.3 Å². The van der Waals surface area contributed by atoms with Crippen molar-refractivity contribution in [2.24, 2.45) is 5.41 Å². The lowest BCUT2D eigenvalue weighted by molar-refractivity contribution is 0.311. The predicted octanol–water partition coefficient (Wildman–Crippen LogP) is 3.47. The molecule has 1 aromatic heterocycles. The molecule has 0 saturated heterocycles. The first-order valence-corrected chi connectivity index (χ1v) is 8.69. The van der Waals surface area contributed by atoms with Crippen LogP contribution in [-0.4, -0.2) is 30.9 Å². The first-order valence-electron chi connectivity index (χ1n) is 6.72. The zero-order valence-electron chi connectivity index (χ0n) is 13.1. The summed E-state index contributed by atoms with van der Waals surface area (Å²) in [5.74, 6) is 0.302. The largest absolute Gasteiger partial charge is 0.346 e. The van der Waals surface area contributed by atoms with Gasteiger partial charge in [0.15, 0.2) is 0 Å². The van der Waals surface area contributed by atoms with Crippen molar-refractivity contribution in [3.63, 3.8) is 0 Å². The van der Waals surface area contributed by atoms with Crippen LogP contribution >= 0.6 is 11.6 Å². The molecule has 0 aliphatic carbocycles. The fourth-order valence-corrected chi connectivity index (χ4v) is 3.82. The number of aromatic nitrogens is 1. The summed E-state index contributed by atoms with van der Waals surface area (Å²) in [4.78, 5) is 0.314. The highest BCUT2D eigenvalue weighted by Crippen LogP contribution is 2.25. The molecule has 20 heavy (non-hydrogen) atoms. The molecule has 0 atom stereocenters. The number of hydrogen-bond donors (Lipinski definition) is 0. The van der Waals surface area contributed by atoms with E-state index in [-0.39, 0.29) is 11.5 Å². The zero-order chi connectivity index (χ0) is 15.7. The molecule has 0 unspecified atom stereocenters. The van der Waals surface area contributed by atoms with Gasteiger partial charge in [0.1, 0.15) is 4.90 Å². The minimum atomic E-state index is -3.46. The van der Waals surface area contributed by atoms with Crippen molar-refractivity contribution < 1.29 is 8.42 Å². The third kappa shape index (κ3) is 3.99. The van der Waals surface area contributed by atoms with Crippen LogP contribution in [0.4, 0.5) is 0 Å². The molecule has 4 nitrogen and oxygen atoms in total. The van der Waals surface area contributed by atoms with Crippen LogP contribution in [0.15, 0.2) is 17.2 Å². The normalized spacial score (nSPS) is 13.4. The summed E-state index contributed by atoms with van der Waals surface area (Å²) in [5.41, 5.74) is 0.738. The first-order chi connectivity index (χ1) is 8.99. The van der Waals surface area contributed by atoms with Crippen molar-refractivity contribution in [3.8, 4) is 0 Å². The Hall–Kier alpha value is -0.520. The second kappa shape index (κ2) is 6.08. The number of nitrogens with zero attached hydrogens (tertiary/aromatic N) is 2. The van der Waals surface area contributed by atoms with Crippen LogP contribution in [0.5, 0.6) is 0 Å². The molecule has 116 valence electrons. The van der Waals surface area contributed by atoms with Gasteiger partial charge in [-0.1, -0.05) is 20.8 Å². The van der Waals surface area contributed by atoms with Gasteiger partial charge in [-0.05, 0) is 25.3 Å². The second-order valence-electron chi connectivity index (χ2n) is 6.62. The molecule has 0 spiro atoms. The van der Waals surface area contributed by atoms with Gasteiger partial charge in [-0.25, -0.2) is 12.7 Å². The molecule has 0 fully saturated rings. The van der Waals surface area contributed by atoms with E-state index in [0.29, 0.717) is 17.3 Å². The molecule has 0 bridgehead atoms. The van der Waals surface area contributed by atoms with Gasteiger partial charge in [0, 0.05) is 31.5 Å². The number of alkyl halides is 1. The Bertz CT molecular complexity index is 556. The summed E-state index contributed by atoms with van der Waals surface area (Å²) in [6.45, 7) is 10.5. The number of sulfonamides is 1. The van der Waals surface area contributed by atoms with Gasteiger partial charge < -0.3 is 4.57 Å². The Morgan fingerprint density at radius 2 is 1.90 bits per heavy atom. The Balaban J connectivity index is 3.16. The molecule has 1 heterocycles. The highest BCUT2D eigenvalue weighted by atomic mass is 35.5. The van der Waals surface area contributed by atoms with Crippen LogP contribution in [0.1, 0.15) is 46.4 Å². The molecule has 0 amide bonds. The van der Waals surface area contributed by atoms with Gasteiger partial charge >= 0.3 is 0 Å². The van der Waals surface area contributed by atoms with E-state index in [1.807, 2.05) is 39.2 Å². The zero-order valence-corrected chi connectivity index (χ0v) is 14.7. The van der Waals surface area contributed by atoms with Crippen molar-refractivity contribution in [2.75, 3.05) is 13.6 Å². The maximum Gasteiger partial charge on any atom is 0.244 e. The Kier molecular flexibility index (Phi) is 5.33. The predicted molar refractivity (Wildman–Crippen MR) is 83.6 cm³/mol. The second-order valence-corrected chi connectivity index (χ2v) is 8.94. The summed E-state index contributed by atoms with van der Waals surface area (Å²) in [6, 6.07) is 1.85. The lowest BCUT2D eigenvalue weighted by atomic mass is 9.97. The van der Waals surface area contributed by atoms with Gasteiger partial charge in [0.2, 0.25) is 10.0 Å². The van der Waals surface area contributed by atoms with Crippen LogP contribution < -0.4 is 0 Å². The van der Waals surface area contributed by atoms with Crippen LogP contribution in [-0.2, 0) is 15.9 Å². The fourth-order valence-electron chi connectivity index (χ4n) is 2.16. The van der Waals surface area contributed by atoms with Crippen molar-refractivity contribution in [1.82, 2.24) is 8.87 Å². The first kappa shape index (κ1) is 17.5. The lowest BCUT2D eigenvalue weighted by Gasteiger charge is -2.25. The molecule has 0 aliphatic rings. The molecule has 1 aromatic rings. The molecule has 0 radical (unpaired) electrons. The van der Waals surface area contributed by atoms with Crippen LogP contribution in [0.25, 0.3) is 0 Å². The van der Waals surface area contributed by atoms with Crippen molar-refractivity contribution in [1.29, 1.82) is 0 Å². The monoisotopic (exact) mass is 320 g/mol. The van der Waals surface area contributed by atoms with Gasteiger partial charge in [-0.3, -0.25) is 0 Å². The Morgan fingerprint density at radius 3 is 2.25 bits per heavy atom. The molecular formula is C14H25ClN2O2S. The summed E-state index contributed by atoms with van der Waals surface area (Å²) >= 11 is 5.90. The quantitative estimate of drug-likeness (QED) is 0.779. The van der Waals surface area contributed by atoms with Gasteiger partial charge in [0.05, 0.1) is 5.88 Å². The number of hydrogen-bond acceptors (Lipinski definition) is 2. The van der Waals surface area contributed by atoms with E-state index < -0.39 is 10.0 Å². The average Bonchev–Trinajstić information content (AvgIpc) is 2.70. The van der Waals surface area contributed by atoms with E-state index in [4.69, 9.17) is 11.6 Å². The highest BCUT2D eigenvalue weighted by molar-refractivity contribution is 7.89. The average molecular weight is 321 g/mol. The molecule has 1 rings (SSSR count). The maximum absolute atomic E-state index is 12.6. The third-order valence-electron chi connectivity index (χ3n) is 3.01. The summed E-state index contributed by atoms with van der Waals surface area (Å²) in [5, 5.41) is 0. The fraction of sp³-hybridized carbons (Fsp3) is 0.714. The molecule has 0 saturated carbocycles. The van der Waals surface area contributed by atoms with Crippen LogP contribution in [0.2, 0.25) is 0 Å². The molecule has 0 aliphatic heterocycles. The molecular weight excluding hydrogens is 296 g/mol. The van der Waals surface area contributed by atoms with Gasteiger partial charge in [-0.15, -0.1) is 11.6 Å². The van der Waals surface area contributed by atoms with Crippen LogP contribution in [0.3, 0.4) is 0 Å². The van der Waals surface area contributed by atoms with Gasteiger partial charge in [-0.2, -0.15) is 0 Å². The van der Waals surface area contributed by atoms with E-state index in [0.717, 1.165) is 5.69 Å². The standard InChI is InChI=1S/C14H25ClN2O2S/c1-11(2)17-9-13(7-12(17)8-15)20(18,19)16(6)10-14(3,4)5/h7,9,11H,8,10H2,1-6H3. The van der Waals surface area contributed by atoms with E-state index in [2.05, 4.69) is 0 Å². The van der Waals surface area contributed by atoms with Crippen molar-refractivity contribution >= 4 is 21.6 Å². The number of halogens is 1. The van der Waals surface area contributed by atoms with Crippen molar-refractivity contribution in [2.45, 2.75) is 51.4 Å². The van der Waals surface area contributed by atoms with E-state index >= 15 is 0 Å². The highest BCUT2D eigenvalue weighted by Gasteiger charge is 2.27. The van der Waals surface area contributed by atoms with E-state index in [1.54, 1.807) is 19.3 Å². The third-order valence-corrected chi connectivity index (χ3v) is 5.05. The minimum Gasteiger partial charge on any atom is -0.346 e. The SMILES string of the molecule is CC(C)n1cc(S(=O)(=O)N(C)CC(C)(C)C)cc1CCl. The van der Waals surface area contributed by atoms with E-state index in [9.17, 15) is 8.42 Å². The van der Waals surface area contributed by atoms with Crippen LogP contribution in [0, 0.1) is 5.41 Å². The van der Waals surface area contributed by atoms with Crippen molar-refractivity contribution in [3.05, 3.63) is 18.0 Å². The lowest BCUT2D eigenvalue weighted by Crippen LogP contribution is -2.34. The van der Waals surface area contributed by atoms with E-state index in [1.165, 1.54) is 4.31 Å². The van der Waals surface area contributed by atoms with Gasteiger partial charge in [0.25, 0.3) is 0 Å². The smallest absolute Gasteiger partial charge is 0.244 e. The summed E-state index contributed by atoms with van der Waals surface area (Å²) in [6.07, 6.45) is 1.68. The Labute approximate surface area is 127 Å². The minimum absolute atomic E-state index is 0.0856. The summed E-state index contributed by atoms with van der Waals surface area (Å²) in [7, 11) is -1.84. The summed E-state index contributed by atoms with van der Waals surface area (Å²) < 4.78 is 28.5. The molecule has 6 heteroatoms. The number of rotatable bonds is 5. The molecule has 0 N–H and O–H groups in total. The Morgan fingerprint density at radius 1 is 1.35 bits per heavy atom. The maximum atomic E-state index is 12.6. The molecule has 0 aromatic carbocycles.